The maximum atomic E-state index is 10.1. The summed E-state index contributed by atoms with van der Waals surface area (Å²) < 4.78 is 0. The maximum Gasteiger partial charge on any atom is 0.312 e. The van der Waals surface area contributed by atoms with Crippen molar-refractivity contribution in [2.45, 2.75) is 0 Å². The Hall–Kier alpha value is -0.770. The fourth-order valence-corrected chi connectivity index (χ4v) is 0.738. The largest absolute Gasteiger partial charge is 0.352 e. The number of urea groups is 1. The second-order valence-corrected chi connectivity index (χ2v) is 2.27. The Bertz CT molecular complexity index is 111. The molecule has 0 saturated carbocycles. The van der Waals surface area contributed by atoms with Crippen LogP contribution in [0.25, 0.3) is 0 Å². The summed E-state index contributed by atoms with van der Waals surface area (Å²) in [5, 5.41) is 5.64. The third kappa shape index (κ3) is 1.89. The molecule has 9 heavy (non-hydrogen) atoms. The summed E-state index contributed by atoms with van der Waals surface area (Å²) in [7, 11) is 0. The van der Waals surface area contributed by atoms with Crippen molar-refractivity contribution in [3.63, 3.8) is 0 Å². The zero-order valence-electron chi connectivity index (χ0n) is 5.18. The van der Waals surface area contributed by atoms with Crippen LogP contribution in [-0.2, 0) is 0 Å². The molecule has 0 atom stereocenters. The molecule has 1 fully saturated rings. The standard InChI is InChI=1S/C5H11N3O/c6-5(9)8-3-4-1-7-2-4/h4,7H,1-3H2,(H3,6,8,9). The number of hydrogen-bond donors (Lipinski definition) is 3. The van der Waals surface area contributed by atoms with Crippen LogP contribution in [0.1, 0.15) is 0 Å². The van der Waals surface area contributed by atoms with E-state index in [1.165, 1.54) is 0 Å². The molecule has 0 unspecified atom stereocenters. The number of amides is 2. The summed E-state index contributed by atoms with van der Waals surface area (Å²) in [6.07, 6.45) is 0. The highest BCUT2D eigenvalue weighted by Gasteiger charge is 2.15. The van der Waals surface area contributed by atoms with Crippen molar-refractivity contribution in [2.24, 2.45) is 11.7 Å². The first kappa shape index (κ1) is 6.35. The quantitative estimate of drug-likeness (QED) is 0.442. The molecule has 0 bridgehead atoms. The fourth-order valence-electron chi connectivity index (χ4n) is 0.738. The molecule has 1 rings (SSSR count). The minimum atomic E-state index is -0.429. The van der Waals surface area contributed by atoms with Crippen molar-refractivity contribution in [3.8, 4) is 0 Å². The van der Waals surface area contributed by atoms with E-state index in [0.29, 0.717) is 12.5 Å². The van der Waals surface area contributed by atoms with Crippen LogP contribution in [-0.4, -0.2) is 25.7 Å². The van der Waals surface area contributed by atoms with Gasteiger partial charge in [-0.15, -0.1) is 0 Å². The lowest BCUT2D eigenvalue weighted by Gasteiger charge is -2.26. The third-order valence-corrected chi connectivity index (χ3v) is 1.43. The van der Waals surface area contributed by atoms with E-state index in [0.717, 1.165) is 13.1 Å². The zero-order valence-corrected chi connectivity index (χ0v) is 5.18. The lowest BCUT2D eigenvalue weighted by Crippen LogP contribution is -2.48. The van der Waals surface area contributed by atoms with E-state index in [4.69, 9.17) is 5.73 Å². The molecule has 0 spiro atoms. The first-order valence-electron chi connectivity index (χ1n) is 3.03. The first-order chi connectivity index (χ1) is 4.29. The molecule has 4 nitrogen and oxygen atoms in total. The van der Waals surface area contributed by atoms with Crippen molar-refractivity contribution >= 4 is 6.03 Å². The molecule has 1 aliphatic rings. The van der Waals surface area contributed by atoms with Gasteiger partial charge in [-0.3, -0.25) is 0 Å². The van der Waals surface area contributed by atoms with Gasteiger partial charge in [-0.1, -0.05) is 0 Å². The predicted octanol–water partition coefficient (Wildman–Crippen LogP) is -1.13. The molecule has 0 aliphatic carbocycles. The van der Waals surface area contributed by atoms with E-state index in [-0.39, 0.29) is 0 Å². The summed E-state index contributed by atoms with van der Waals surface area (Å²) in [6, 6.07) is -0.429. The van der Waals surface area contributed by atoms with Crippen molar-refractivity contribution in [3.05, 3.63) is 0 Å². The van der Waals surface area contributed by atoms with Gasteiger partial charge in [-0.2, -0.15) is 0 Å². The Morgan fingerprint density at radius 3 is 2.78 bits per heavy atom. The molecular weight excluding hydrogens is 118 g/mol. The summed E-state index contributed by atoms with van der Waals surface area (Å²) in [4.78, 5) is 10.1. The summed E-state index contributed by atoms with van der Waals surface area (Å²) in [5.74, 6) is 0.595. The minimum absolute atomic E-state index is 0.429. The van der Waals surface area contributed by atoms with Crippen LogP contribution in [0.3, 0.4) is 0 Å². The van der Waals surface area contributed by atoms with Crippen LogP contribution >= 0.6 is 0 Å². The normalized spacial score (nSPS) is 18.7. The van der Waals surface area contributed by atoms with Crippen molar-refractivity contribution in [1.82, 2.24) is 10.6 Å². The van der Waals surface area contributed by atoms with Crippen LogP contribution in [0.5, 0.6) is 0 Å². The van der Waals surface area contributed by atoms with E-state index in [9.17, 15) is 4.79 Å². The van der Waals surface area contributed by atoms with Crippen LogP contribution in [0.15, 0.2) is 0 Å². The lowest BCUT2D eigenvalue weighted by atomic mass is 10.0. The molecular formula is C5H11N3O. The van der Waals surface area contributed by atoms with Gasteiger partial charge in [-0.25, -0.2) is 4.79 Å². The number of hydrogen-bond acceptors (Lipinski definition) is 2. The number of carbonyl (C=O) groups excluding carboxylic acids is 1. The molecule has 0 aromatic heterocycles. The van der Waals surface area contributed by atoms with Crippen LogP contribution in [0.4, 0.5) is 4.79 Å². The highest BCUT2D eigenvalue weighted by atomic mass is 16.2. The van der Waals surface area contributed by atoms with Crippen molar-refractivity contribution in [2.75, 3.05) is 19.6 Å². The number of nitrogens with two attached hydrogens (primary N) is 1. The van der Waals surface area contributed by atoms with Gasteiger partial charge in [-0.05, 0) is 0 Å². The monoisotopic (exact) mass is 129 g/mol. The predicted molar refractivity (Wildman–Crippen MR) is 33.9 cm³/mol. The fraction of sp³-hybridized carbons (Fsp3) is 0.800. The van der Waals surface area contributed by atoms with Gasteiger partial charge in [0.05, 0.1) is 0 Å². The average molecular weight is 129 g/mol. The van der Waals surface area contributed by atoms with Gasteiger partial charge < -0.3 is 16.4 Å². The number of nitrogens with one attached hydrogen (secondary N) is 2. The molecule has 2 amide bonds. The Labute approximate surface area is 53.8 Å². The van der Waals surface area contributed by atoms with Crippen molar-refractivity contribution in [1.29, 1.82) is 0 Å². The van der Waals surface area contributed by atoms with Gasteiger partial charge in [0.1, 0.15) is 0 Å². The number of rotatable bonds is 2. The highest BCUT2D eigenvalue weighted by Crippen LogP contribution is 1.98. The van der Waals surface area contributed by atoms with Crippen LogP contribution < -0.4 is 16.4 Å². The van der Waals surface area contributed by atoms with E-state index in [1.54, 1.807) is 0 Å². The highest BCUT2D eigenvalue weighted by molar-refractivity contribution is 5.71. The second-order valence-electron chi connectivity index (χ2n) is 2.27. The Kier molecular flexibility index (Phi) is 1.89. The van der Waals surface area contributed by atoms with E-state index >= 15 is 0 Å². The van der Waals surface area contributed by atoms with Gasteiger partial charge in [0.25, 0.3) is 0 Å². The summed E-state index contributed by atoms with van der Waals surface area (Å²) >= 11 is 0. The average Bonchev–Trinajstić information content (AvgIpc) is 1.60. The number of carbonyl (C=O) groups is 1. The van der Waals surface area contributed by atoms with Gasteiger partial charge in [0.15, 0.2) is 0 Å². The summed E-state index contributed by atoms with van der Waals surface area (Å²) in [6.45, 7) is 2.71. The van der Waals surface area contributed by atoms with Crippen LogP contribution in [0.2, 0.25) is 0 Å². The summed E-state index contributed by atoms with van der Waals surface area (Å²) in [5.41, 5.74) is 4.85. The number of primary amides is 1. The zero-order chi connectivity index (χ0) is 6.69. The topological polar surface area (TPSA) is 67.2 Å². The molecule has 0 aromatic carbocycles. The molecule has 52 valence electrons. The van der Waals surface area contributed by atoms with E-state index < -0.39 is 6.03 Å². The second kappa shape index (κ2) is 2.68. The molecule has 0 radical (unpaired) electrons. The smallest absolute Gasteiger partial charge is 0.312 e. The third-order valence-electron chi connectivity index (χ3n) is 1.43. The Morgan fingerprint density at radius 2 is 2.44 bits per heavy atom. The van der Waals surface area contributed by atoms with Gasteiger partial charge >= 0.3 is 6.03 Å². The molecule has 4 heteroatoms. The lowest BCUT2D eigenvalue weighted by molar-refractivity contribution is 0.243. The Morgan fingerprint density at radius 1 is 1.78 bits per heavy atom. The first-order valence-corrected chi connectivity index (χ1v) is 3.03. The van der Waals surface area contributed by atoms with E-state index in [2.05, 4.69) is 10.6 Å². The molecule has 1 aliphatic heterocycles. The Balaban J connectivity index is 1.97. The molecule has 4 N–H and O–H groups in total. The minimum Gasteiger partial charge on any atom is -0.352 e. The maximum absolute atomic E-state index is 10.1. The van der Waals surface area contributed by atoms with Crippen molar-refractivity contribution < 1.29 is 4.79 Å². The molecule has 1 heterocycles. The van der Waals surface area contributed by atoms with Gasteiger partial charge in [0.2, 0.25) is 0 Å². The van der Waals surface area contributed by atoms with Gasteiger partial charge in [0, 0.05) is 25.6 Å². The van der Waals surface area contributed by atoms with Crippen LogP contribution in [0, 0.1) is 5.92 Å². The van der Waals surface area contributed by atoms with E-state index in [1.807, 2.05) is 0 Å². The molecule has 0 aromatic rings. The SMILES string of the molecule is NC(=O)NCC1CNC1. The molecule has 1 saturated heterocycles.